The second-order valence-electron chi connectivity index (χ2n) is 6.40. The SMILES string of the molecule is Cl.Nc1ccccc1CCC(=O)NC(Cc1ccccc1)C1CC1. The van der Waals surface area contributed by atoms with E-state index >= 15 is 0 Å². The van der Waals surface area contributed by atoms with Crippen LogP contribution in [0.4, 0.5) is 5.69 Å². The zero-order chi connectivity index (χ0) is 16.1. The van der Waals surface area contributed by atoms with Crippen molar-refractivity contribution in [1.29, 1.82) is 0 Å². The van der Waals surface area contributed by atoms with Crippen LogP contribution < -0.4 is 11.1 Å². The van der Waals surface area contributed by atoms with Crippen molar-refractivity contribution in [3.05, 3.63) is 65.7 Å². The number of nitrogens with one attached hydrogen (secondary N) is 1. The predicted molar refractivity (Wildman–Crippen MR) is 101 cm³/mol. The average molecular weight is 345 g/mol. The number of carbonyl (C=O) groups excluding carboxylic acids is 1. The highest BCUT2D eigenvalue weighted by molar-refractivity contribution is 5.85. The maximum atomic E-state index is 12.3. The van der Waals surface area contributed by atoms with Gasteiger partial charge in [0.05, 0.1) is 0 Å². The number of nitrogen functional groups attached to an aromatic ring is 1. The van der Waals surface area contributed by atoms with Gasteiger partial charge in [0.25, 0.3) is 0 Å². The van der Waals surface area contributed by atoms with Gasteiger partial charge in [0, 0.05) is 18.2 Å². The third-order valence-corrected chi connectivity index (χ3v) is 4.51. The van der Waals surface area contributed by atoms with Crippen LogP contribution in [-0.4, -0.2) is 11.9 Å². The number of rotatable bonds is 7. The number of hydrogen-bond acceptors (Lipinski definition) is 2. The first kappa shape index (κ1) is 18.3. The van der Waals surface area contributed by atoms with Crippen molar-refractivity contribution in [2.75, 3.05) is 5.73 Å². The molecule has 0 saturated heterocycles. The first-order valence-electron chi connectivity index (χ1n) is 8.39. The Morgan fingerprint density at radius 2 is 1.75 bits per heavy atom. The Morgan fingerprint density at radius 1 is 1.08 bits per heavy atom. The average Bonchev–Trinajstić information content (AvgIpc) is 3.39. The molecule has 1 atom stereocenters. The number of para-hydroxylation sites is 1. The maximum absolute atomic E-state index is 12.3. The molecule has 4 heteroatoms. The van der Waals surface area contributed by atoms with Crippen LogP contribution in [0.5, 0.6) is 0 Å². The Bertz CT molecular complexity index is 656. The van der Waals surface area contributed by atoms with E-state index in [9.17, 15) is 4.79 Å². The van der Waals surface area contributed by atoms with Gasteiger partial charge in [-0.15, -0.1) is 12.4 Å². The molecule has 24 heavy (non-hydrogen) atoms. The Kier molecular flexibility index (Phi) is 6.68. The third kappa shape index (κ3) is 5.27. The van der Waals surface area contributed by atoms with Gasteiger partial charge in [-0.25, -0.2) is 0 Å². The Labute approximate surface area is 150 Å². The summed E-state index contributed by atoms with van der Waals surface area (Å²) in [6.07, 6.45) is 4.56. The number of hydrogen-bond donors (Lipinski definition) is 2. The molecule has 1 unspecified atom stereocenters. The fraction of sp³-hybridized carbons (Fsp3) is 0.350. The van der Waals surface area contributed by atoms with Crippen LogP contribution in [0.1, 0.15) is 30.4 Å². The fourth-order valence-electron chi connectivity index (χ4n) is 2.99. The largest absolute Gasteiger partial charge is 0.399 e. The number of benzene rings is 2. The van der Waals surface area contributed by atoms with Crippen LogP contribution in [-0.2, 0) is 17.6 Å². The summed E-state index contributed by atoms with van der Waals surface area (Å²) in [6, 6.07) is 18.4. The van der Waals surface area contributed by atoms with Crippen LogP contribution in [0.3, 0.4) is 0 Å². The van der Waals surface area contributed by atoms with Crippen molar-refractivity contribution < 1.29 is 4.79 Å². The van der Waals surface area contributed by atoms with Gasteiger partial charge in [0.2, 0.25) is 5.91 Å². The van der Waals surface area contributed by atoms with Crippen LogP contribution in [0, 0.1) is 5.92 Å². The van der Waals surface area contributed by atoms with E-state index in [0.717, 1.165) is 17.7 Å². The lowest BCUT2D eigenvalue weighted by Crippen LogP contribution is -2.38. The van der Waals surface area contributed by atoms with E-state index in [1.165, 1.54) is 18.4 Å². The number of amides is 1. The van der Waals surface area contributed by atoms with Crippen molar-refractivity contribution in [3.63, 3.8) is 0 Å². The highest BCUT2D eigenvalue weighted by atomic mass is 35.5. The Balaban J connectivity index is 0.00000208. The van der Waals surface area contributed by atoms with Gasteiger partial charge in [0.15, 0.2) is 0 Å². The molecular weight excluding hydrogens is 320 g/mol. The van der Waals surface area contributed by atoms with Crippen molar-refractivity contribution in [3.8, 4) is 0 Å². The van der Waals surface area contributed by atoms with E-state index in [2.05, 4.69) is 29.6 Å². The molecule has 128 valence electrons. The topological polar surface area (TPSA) is 55.1 Å². The molecule has 3 nitrogen and oxygen atoms in total. The van der Waals surface area contributed by atoms with E-state index in [1.54, 1.807) is 0 Å². The summed E-state index contributed by atoms with van der Waals surface area (Å²) in [6.45, 7) is 0. The molecular formula is C20H25ClN2O. The number of anilines is 1. The molecule has 2 aromatic carbocycles. The van der Waals surface area contributed by atoms with Gasteiger partial charge >= 0.3 is 0 Å². The van der Waals surface area contributed by atoms with E-state index in [1.807, 2.05) is 30.3 Å². The van der Waals surface area contributed by atoms with E-state index in [0.29, 0.717) is 18.8 Å². The summed E-state index contributed by atoms with van der Waals surface area (Å²) < 4.78 is 0. The van der Waals surface area contributed by atoms with Gasteiger partial charge in [-0.05, 0) is 48.8 Å². The summed E-state index contributed by atoms with van der Waals surface area (Å²) in [5, 5.41) is 3.24. The highest BCUT2D eigenvalue weighted by Gasteiger charge is 2.32. The minimum absolute atomic E-state index is 0. The molecule has 1 saturated carbocycles. The van der Waals surface area contributed by atoms with Gasteiger partial charge in [-0.2, -0.15) is 0 Å². The van der Waals surface area contributed by atoms with Gasteiger partial charge in [0.1, 0.15) is 0 Å². The summed E-state index contributed by atoms with van der Waals surface area (Å²) in [5.41, 5.74) is 9.04. The molecule has 1 aliphatic rings. The standard InChI is InChI=1S/C20H24N2O.ClH/c21-18-9-5-4-8-16(18)12-13-20(23)22-19(17-10-11-17)14-15-6-2-1-3-7-15;/h1-9,17,19H,10-14,21H2,(H,22,23);1H. The molecule has 3 N–H and O–H groups in total. The smallest absolute Gasteiger partial charge is 0.220 e. The van der Waals surface area contributed by atoms with Gasteiger partial charge < -0.3 is 11.1 Å². The molecule has 3 rings (SSSR count). The third-order valence-electron chi connectivity index (χ3n) is 4.51. The maximum Gasteiger partial charge on any atom is 0.220 e. The van der Waals surface area contributed by atoms with Crippen LogP contribution in [0.25, 0.3) is 0 Å². The molecule has 1 fully saturated rings. The number of carbonyl (C=O) groups is 1. The lowest BCUT2D eigenvalue weighted by molar-refractivity contribution is -0.121. The second-order valence-corrected chi connectivity index (χ2v) is 6.40. The number of halogens is 1. The number of aryl methyl sites for hydroxylation is 1. The van der Waals surface area contributed by atoms with Crippen molar-refractivity contribution in [2.24, 2.45) is 5.92 Å². The lowest BCUT2D eigenvalue weighted by Gasteiger charge is -2.18. The molecule has 0 aliphatic heterocycles. The Morgan fingerprint density at radius 3 is 2.42 bits per heavy atom. The minimum Gasteiger partial charge on any atom is -0.399 e. The zero-order valence-corrected chi connectivity index (χ0v) is 14.6. The normalized spacial score (nSPS) is 14.5. The first-order valence-corrected chi connectivity index (χ1v) is 8.39. The molecule has 2 aromatic rings. The van der Waals surface area contributed by atoms with Crippen molar-refractivity contribution >= 4 is 24.0 Å². The summed E-state index contributed by atoms with van der Waals surface area (Å²) in [7, 11) is 0. The quantitative estimate of drug-likeness (QED) is 0.751. The summed E-state index contributed by atoms with van der Waals surface area (Å²) in [4.78, 5) is 12.3. The molecule has 0 bridgehead atoms. The van der Waals surface area contributed by atoms with Crippen molar-refractivity contribution in [2.45, 2.75) is 38.1 Å². The summed E-state index contributed by atoms with van der Waals surface area (Å²) in [5.74, 6) is 0.766. The van der Waals surface area contributed by atoms with Crippen LogP contribution >= 0.6 is 12.4 Å². The Hall–Kier alpha value is -2.00. The second kappa shape index (κ2) is 8.74. The van der Waals surface area contributed by atoms with Gasteiger partial charge in [-0.1, -0.05) is 48.5 Å². The predicted octanol–water partition coefficient (Wildman–Crippen LogP) is 3.76. The summed E-state index contributed by atoms with van der Waals surface area (Å²) >= 11 is 0. The first-order chi connectivity index (χ1) is 11.2. The van der Waals surface area contributed by atoms with E-state index < -0.39 is 0 Å². The zero-order valence-electron chi connectivity index (χ0n) is 13.8. The van der Waals surface area contributed by atoms with E-state index in [-0.39, 0.29) is 24.4 Å². The molecule has 0 aromatic heterocycles. The van der Waals surface area contributed by atoms with Crippen molar-refractivity contribution in [1.82, 2.24) is 5.32 Å². The van der Waals surface area contributed by atoms with E-state index in [4.69, 9.17) is 5.73 Å². The molecule has 0 radical (unpaired) electrons. The van der Waals surface area contributed by atoms with Crippen LogP contribution in [0.15, 0.2) is 54.6 Å². The minimum atomic E-state index is 0. The molecule has 1 aliphatic carbocycles. The fourth-order valence-corrected chi connectivity index (χ4v) is 2.99. The monoisotopic (exact) mass is 344 g/mol. The molecule has 1 amide bonds. The van der Waals surface area contributed by atoms with Crippen LogP contribution in [0.2, 0.25) is 0 Å². The lowest BCUT2D eigenvalue weighted by atomic mass is 10.0. The molecule has 0 spiro atoms. The highest BCUT2D eigenvalue weighted by Crippen LogP contribution is 2.34. The molecule has 0 heterocycles. The van der Waals surface area contributed by atoms with Gasteiger partial charge in [-0.3, -0.25) is 4.79 Å². The number of nitrogens with two attached hydrogens (primary N) is 1.